The number of esters is 1. The first-order chi connectivity index (χ1) is 59.0. The first kappa shape index (κ1) is 104. The first-order valence-corrected chi connectivity index (χ1v) is 40.0. The highest BCUT2D eigenvalue weighted by molar-refractivity contribution is 6.64. The summed E-state index contributed by atoms with van der Waals surface area (Å²) < 4.78 is 249. The van der Waals surface area contributed by atoms with Crippen LogP contribution in [0.25, 0.3) is 0 Å². The van der Waals surface area contributed by atoms with Crippen molar-refractivity contribution in [1.82, 2.24) is 44.4 Å². The monoisotopic (exact) mass is 1810 g/mol. The molecule has 3 aliphatic rings. The number of nitrogens with two attached hydrogens (primary N) is 2. The van der Waals surface area contributed by atoms with Crippen molar-refractivity contribution in [2.75, 3.05) is 53.4 Å². The summed E-state index contributed by atoms with van der Waals surface area (Å²) in [6.45, 7) is 5.16. The second kappa shape index (κ2) is 45.9. The number of aryl methyl sites for hydroxylation is 6. The third kappa shape index (κ3) is 30.4. The van der Waals surface area contributed by atoms with E-state index in [0.717, 1.165) is 186 Å². The molecule has 0 spiro atoms. The number of methoxy groups -OCH3 is 1. The fourth-order valence-corrected chi connectivity index (χ4v) is 15.4. The third-order valence-electron chi connectivity index (χ3n) is 22.2. The Morgan fingerprint density at radius 3 is 0.891 bits per heavy atom. The molecule has 6 heterocycles. The van der Waals surface area contributed by atoms with Crippen LogP contribution in [0.5, 0.6) is 0 Å². The van der Waals surface area contributed by atoms with Crippen molar-refractivity contribution < 1.29 is 108 Å². The summed E-state index contributed by atoms with van der Waals surface area (Å²) in [6.07, 6.45) is -20.9. The Bertz CT molecular complexity index is 5170. The molecule has 3 saturated heterocycles. The van der Waals surface area contributed by atoms with Gasteiger partial charge in [-0.3, -0.25) is 14.4 Å². The molecule has 128 heavy (non-hydrogen) atoms. The molecule has 3 aromatic heterocycles. The van der Waals surface area contributed by atoms with Gasteiger partial charge in [-0.25, -0.2) is 29.9 Å². The molecule has 3 aliphatic heterocycles. The summed E-state index contributed by atoms with van der Waals surface area (Å²) in [5.41, 5.74) is 10.2. The van der Waals surface area contributed by atoms with Gasteiger partial charge in [-0.1, -0.05) is 113 Å². The van der Waals surface area contributed by atoms with Crippen LogP contribution in [0.15, 0.2) is 146 Å². The van der Waals surface area contributed by atoms with Crippen LogP contribution >= 0.6 is 0 Å². The van der Waals surface area contributed by atoms with E-state index in [-0.39, 0.29) is 167 Å². The van der Waals surface area contributed by atoms with Crippen molar-refractivity contribution in [1.29, 1.82) is 0 Å². The van der Waals surface area contributed by atoms with E-state index in [0.29, 0.717) is 30.1 Å². The van der Waals surface area contributed by atoms with Gasteiger partial charge in [0.25, 0.3) is 14.8 Å². The van der Waals surface area contributed by atoms with Crippen molar-refractivity contribution >= 4 is 45.0 Å². The number of likely N-dealkylation sites (tertiary alicyclic amines) is 1. The van der Waals surface area contributed by atoms with Crippen LogP contribution in [0.2, 0.25) is 0 Å². The first-order valence-electron chi connectivity index (χ1n) is 40.0. The molecule has 37 heteroatoms. The Labute approximate surface area is 732 Å². The number of carbonyl (C=O) groups excluding carboxylic acids is 5. The van der Waals surface area contributed by atoms with Gasteiger partial charge in [0, 0.05) is 37.9 Å². The number of halogens is 18. The number of hydrogen-bond acceptors (Lipinski definition) is 15. The average molecular weight is 1810 g/mol. The third-order valence-corrected chi connectivity index (χ3v) is 22.2. The van der Waals surface area contributed by atoms with Gasteiger partial charge in [0.2, 0.25) is 11.8 Å². The van der Waals surface area contributed by atoms with Gasteiger partial charge in [-0.15, -0.1) is 0 Å². The van der Waals surface area contributed by atoms with E-state index in [9.17, 15) is 103 Å². The molecule has 3 fully saturated rings. The minimum Gasteiger partial charge on any atom is -0.469 e. The molecule has 6 aromatic carbocycles. The van der Waals surface area contributed by atoms with E-state index in [1.165, 1.54) is 13.0 Å². The lowest BCUT2D eigenvalue weighted by atomic mass is 9.84. The molecule has 12 rings (SSSR count). The smallest absolute Gasteiger partial charge is 0.419 e. The van der Waals surface area contributed by atoms with Crippen molar-refractivity contribution in [3.63, 3.8) is 0 Å². The highest BCUT2D eigenvalue weighted by Crippen LogP contribution is 2.40. The fourth-order valence-electron chi connectivity index (χ4n) is 15.4. The van der Waals surface area contributed by atoms with Gasteiger partial charge in [-0.05, 0) is 244 Å². The number of amides is 2. The molecular weight excluding hydrogens is 1710 g/mol. The predicted molar refractivity (Wildman–Crippen MR) is 449 cm³/mol. The Kier molecular flexibility index (Phi) is 37.3. The van der Waals surface area contributed by atoms with E-state index < -0.39 is 88.2 Å². The van der Waals surface area contributed by atoms with Gasteiger partial charge in [0.05, 0.1) is 89.2 Å². The summed E-state index contributed by atoms with van der Waals surface area (Å²) in [5, 5.41) is 0. The van der Waals surface area contributed by atoms with Gasteiger partial charge < -0.3 is 40.3 Å². The van der Waals surface area contributed by atoms with E-state index in [1.807, 2.05) is 82.4 Å². The molecule has 9 aromatic rings. The van der Waals surface area contributed by atoms with Crippen LogP contribution in [-0.2, 0) is 143 Å². The lowest BCUT2D eigenvalue weighted by Gasteiger charge is -2.30. The lowest BCUT2D eigenvalue weighted by Crippen LogP contribution is -2.36. The Morgan fingerprint density at radius 2 is 0.648 bits per heavy atom. The second-order valence-electron chi connectivity index (χ2n) is 30.9. The number of piperidine rings is 3. The fraction of sp³-hybridized carbons (Fsp3) is 0.418. The van der Waals surface area contributed by atoms with Crippen LogP contribution in [0.1, 0.15) is 213 Å². The molecule has 4 N–H and O–H groups in total. The maximum absolute atomic E-state index is 13.8. The van der Waals surface area contributed by atoms with Crippen LogP contribution in [-0.4, -0.2) is 143 Å². The quantitative estimate of drug-likeness (QED) is 0.0201. The Balaban J connectivity index is 0.000000260. The minimum absolute atomic E-state index is 0. The van der Waals surface area contributed by atoms with Crippen molar-refractivity contribution in [2.24, 2.45) is 11.5 Å². The highest BCUT2D eigenvalue weighted by Gasteiger charge is 2.40. The molecule has 0 saturated carbocycles. The van der Waals surface area contributed by atoms with E-state index >= 15 is 0 Å². The number of nitrogens with zero attached hydrogens (tertiary/aromatic N) is 9. The Hall–Kier alpha value is -10.9. The van der Waals surface area contributed by atoms with Crippen LogP contribution in [0.3, 0.4) is 0 Å². The van der Waals surface area contributed by atoms with Gasteiger partial charge >= 0.3 is 43.0 Å². The predicted octanol–water partition coefficient (Wildman–Crippen LogP) is 18.1. The normalized spacial score (nSPS) is 14.7. The SMILES string of the molecule is C.C.C.CN1CCC(c2ccc(Cc3ncc(C(F)(F)F)c(CCc4cc(C(F)(F)F)ccc4CC(N)=O)n3)cc2)CC1.COC(=O)Cc1ccc(C(F)(F)F)cc1CCc1nc(Cc2ccc(C3CCN([B]C=O)CC3)cc2)ncc1C(F)(F)F.NC(=O)Cc1ccc(C(F)(F)F)cc1CCc1nc(Cc2ccc(C3CCN([B]C=O)CC3)cc2)ncc1C(F)(F)F. The number of carbonyl (C=O) groups is 5. The van der Waals surface area contributed by atoms with Gasteiger partial charge in [-0.2, -0.15) is 79.0 Å². The topological polar surface area (TPSA) is 234 Å². The molecular formula is C91H99B2F18N11O6. The van der Waals surface area contributed by atoms with Crippen LogP contribution < -0.4 is 11.5 Å². The zero-order chi connectivity index (χ0) is 90.8. The summed E-state index contributed by atoms with van der Waals surface area (Å²) in [7, 11) is 6.31. The number of benzene rings is 6. The molecule has 0 aliphatic carbocycles. The van der Waals surface area contributed by atoms with Crippen LogP contribution in [0.4, 0.5) is 79.0 Å². The van der Waals surface area contributed by atoms with Gasteiger partial charge in [0.1, 0.15) is 17.5 Å². The molecule has 0 unspecified atom stereocenters. The Morgan fingerprint density at radius 1 is 0.383 bits per heavy atom. The number of ether oxygens (including phenoxy) is 1. The van der Waals surface area contributed by atoms with Crippen molar-refractivity contribution in [2.45, 2.75) is 193 Å². The molecule has 17 nitrogen and oxygen atoms in total. The second-order valence-corrected chi connectivity index (χ2v) is 30.9. The molecule has 0 atom stereocenters. The van der Waals surface area contributed by atoms with Crippen molar-refractivity contribution in [3.8, 4) is 0 Å². The average Bonchev–Trinajstić information content (AvgIpc) is 0.805. The van der Waals surface area contributed by atoms with E-state index in [4.69, 9.17) is 11.5 Å². The van der Waals surface area contributed by atoms with E-state index in [1.54, 1.807) is 7.41 Å². The lowest BCUT2D eigenvalue weighted by molar-refractivity contribution is -0.140. The summed E-state index contributed by atoms with van der Waals surface area (Å²) in [5.74, 6) is -0.622. The number of aromatic nitrogens is 6. The highest BCUT2D eigenvalue weighted by atomic mass is 19.4. The standard InChI is InChI=1S/C30H29BF6N3O3.C29H28BF6N4O2.C29H30F6N4O.3CH4/c1-43-28(42)16-23-6-8-24(29(32,33)34)15-22(23)7-9-26-25(30(35,36)37)17-38-27(39-26)14-19-2-4-20(5-3-19)21-10-12-40(13-11-21)31-18-41;31-28(32,33)23-7-5-22(15-26(37)42)21(14-23)6-8-25-24(29(34,35)36)16-38-27(39-25)13-18-1-3-19(4-2-18)20-9-11-40(12-10-20)30-17-41;1-39-12-10-20(11-13-39)19-4-2-18(3-5-19)14-27-37-17-24(29(33,34)35)25(38-27)9-7-21-15-23(28(30,31)32)8-6-22(21)16-26(36)40;;;/h2-6,8,15,17-18,21H,7,9-14,16H2,1H3;1-5,7,14,16-17,20H,6,8-13,15H2,(H2,37,42);2-6,8,15,17,20H,7,9-14,16H2,1H3,(H2,36,40);3*1H4. The number of hydrogen-bond donors (Lipinski definition) is 2. The van der Waals surface area contributed by atoms with Crippen LogP contribution in [0, 0.1) is 0 Å². The van der Waals surface area contributed by atoms with E-state index in [2.05, 4.69) is 46.6 Å². The van der Waals surface area contributed by atoms with Crippen molar-refractivity contribution in [3.05, 3.63) is 281 Å². The summed E-state index contributed by atoms with van der Waals surface area (Å²) in [4.78, 5) is 86.6. The number of alkyl halides is 18. The maximum atomic E-state index is 13.8. The van der Waals surface area contributed by atoms with Gasteiger partial charge in [0.15, 0.2) is 0 Å². The zero-order valence-electron chi connectivity index (χ0n) is 67.8. The maximum Gasteiger partial charge on any atom is 0.419 e. The zero-order valence-corrected chi connectivity index (χ0v) is 67.8. The largest absolute Gasteiger partial charge is 0.469 e. The summed E-state index contributed by atoms with van der Waals surface area (Å²) >= 11 is 0. The molecule has 686 valence electrons. The number of rotatable bonds is 28. The molecule has 0 bridgehead atoms. The minimum atomic E-state index is -4.77. The molecule has 2 radical (unpaired) electrons. The number of primary amides is 2. The summed E-state index contributed by atoms with van der Waals surface area (Å²) in [6, 6.07) is 31.7. The molecule has 2 amide bonds.